The molecule has 5 N–H and O–H groups in total. The maximum Gasteiger partial charge on any atom is 0.357 e. The van der Waals surface area contributed by atoms with Crippen molar-refractivity contribution < 1.29 is 10.0 Å². The zero-order valence-corrected chi connectivity index (χ0v) is 11.0. The Labute approximate surface area is 121 Å². The largest absolute Gasteiger partial charge is 0.379 e. The van der Waals surface area contributed by atoms with Crippen molar-refractivity contribution in [2.24, 2.45) is 17.0 Å². The Morgan fingerprint density at radius 3 is 1.43 bits per heavy atom. The summed E-state index contributed by atoms with van der Waals surface area (Å²) >= 11 is 0. The number of para-hydroxylation sites is 2. The van der Waals surface area contributed by atoms with Crippen LogP contribution in [0, 0.1) is 4.91 Å². The number of carbonyl (C=O) groups is 1. The van der Waals surface area contributed by atoms with Crippen LogP contribution < -0.4 is 21.7 Å². The van der Waals surface area contributed by atoms with E-state index in [-0.39, 0.29) is 0 Å². The fourth-order valence-electron chi connectivity index (χ4n) is 1.51. The molecule has 2 aromatic rings. The quantitative estimate of drug-likeness (QED) is 0.337. The van der Waals surface area contributed by atoms with Crippen molar-refractivity contribution in [3.05, 3.63) is 65.6 Å². The van der Waals surface area contributed by atoms with Crippen LogP contribution in [0.25, 0.3) is 0 Å². The average molecular weight is 289 g/mol. The molecule has 0 unspecified atom stereocenters. The number of rotatable bonds is 2. The van der Waals surface area contributed by atoms with Crippen molar-refractivity contribution >= 4 is 17.4 Å². The molecule has 0 heterocycles. The molecule has 0 radical (unpaired) electrons. The second kappa shape index (κ2) is 8.25. The Kier molecular flexibility index (Phi) is 6.32. The first-order valence-corrected chi connectivity index (χ1v) is 5.82. The van der Waals surface area contributed by atoms with Gasteiger partial charge in [0.1, 0.15) is 0 Å². The molecule has 0 spiro atoms. The molecule has 0 fully saturated rings. The Bertz CT molecular complexity index is 517. The highest BCUT2D eigenvalue weighted by atomic mass is 16.6. The molecule has 0 bridgehead atoms. The van der Waals surface area contributed by atoms with Crippen LogP contribution in [-0.4, -0.2) is 11.2 Å². The minimum atomic E-state index is -0.507. The summed E-state index contributed by atoms with van der Waals surface area (Å²) in [5, 5.41) is 9.90. The number of nitrogens with zero attached hydrogens (tertiary/aromatic N) is 3. The second-order valence-corrected chi connectivity index (χ2v) is 3.78. The maximum absolute atomic E-state index is 12.0. The molecular formula is C13H15N5O3. The van der Waals surface area contributed by atoms with E-state index >= 15 is 0 Å². The first-order chi connectivity index (χ1) is 10.1. The molecule has 0 saturated carbocycles. The predicted octanol–water partition coefficient (Wildman–Crippen LogP) is 2.01. The molecule has 21 heavy (non-hydrogen) atoms. The van der Waals surface area contributed by atoms with Crippen molar-refractivity contribution in [2.75, 3.05) is 10.0 Å². The minimum absolute atomic E-state index is 0.507. The van der Waals surface area contributed by atoms with Crippen LogP contribution in [0.2, 0.25) is 0 Å². The first kappa shape index (κ1) is 16.1. The highest BCUT2D eigenvalue weighted by Gasteiger charge is 2.18. The summed E-state index contributed by atoms with van der Waals surface area (Å²) in [7, 11) is 0. The highest BCUT2D eigenvalue weighted by molar-refractivity contribution is 6.01. The van der Waals surface area contributed by atoms with E-state index in [0.29, 0.717) is 11.4 Å². The fraction of sp³-hybridized carbons (Fsp3) is 0. The van der Waals surface area contributed by atoms with E-state index in [0.717, 1.165) is 10.0 Å². The van der Waals surface area contributed by atoms with Crippen LogP contribution in [0.1, 0.15) is 0 Å². The van der Waals surface area contributed by atoms with Crippen molar-refractivity contribution in [3.63, 3.8) is 0 Å². The number of benzene rings is 2. The van der Waals surface area contributed by atoms with Gasteiger partial charge in [-0.15, -0.1) is 4.91 Å². The molecule has 0 aliphatic heterocycles. The molecule has 8 heteroatoms. The lowest BCUT2D eigenvalue weighted by Gasteiger charge is -2.23. The van der Waals surface area contributed by atoms with Gasteiger partial charge in [-0.3, -0.25) is 0 Å². The monoisotopic (exact) mass is 289 g/mol. The van der Waals surface area contributed by atoms with Crippen molar-refractivity contribution in [3.8, 4) is 0 Å². The van der Waals surface area contributed by atoms with Crippen LogP contribution in [0.5, 0.6) is 0 Å². The van der Waals surface area contributed by atoms with E-state index in [1.165, 1.54) is 5.34 Å². The summed E-state index contributed by atoms with van der Waals surface area (Å²) in [6.45, 7) is 0. The van der Waals surface area contributed by atoms with Crippen molar-refractivity contribution in [1.29, 1.82) is 0 Å². The lowest BCUT2D eigenvalue weighted by molar-refractivity contribution is 0.251. The Balaban J connectivity index is 0.000000677. The summed E-state index contributed by atoms with van der Waals surface area (Å²) in [6.07, 6.45) is 0. The Hall–Kier alpha value is -2.97. The number of anilines is 2. The number of carbonyl (C=O) groups excluding carboxylic acids is 1. The van der Waals surface area contributed by atoms with Crippen LogP contribution in [-0.2, 0) is 0 Å². The van der Waals surface area contributed by atoms with Gasteiger partial charge in [-0.2, -0.15) is 0 Å². The van der Waals surface area contributed by atoms with Gasteiger partial charge >= 0.3 is 6.03 Å². The molecule has 0 aliphatic rings. The maximum atomic E-state index is 12.0. The Morgan fingerprint density at radius 1 is 0.857 bits per heavy atom. The van der Waals surface area contributed by atoms with E-state index in [1.807, 2.05) is 12.1 Å². The molecule has 0 saturated heterocycles. The summed E-state index contributed by atoms with van der Waals surface area (Å²) in [6, 6.07) is 17.3. The van der Waals surface area contributed by atoms with Crippen molar-refractivity contribution in [2.45, 2.75) is 0 Å². The zero-order valence-electron chi connectivity index (χ0n) is 11.0. The highest BCUT2D eigenvalue weighted by Crippen LogP contribution is 2.15. The van der Waals surface area contributed by atoms with Crippen LogP contribution in [0.4, 0.5) is 16.2 Å². The molecule has 2 aromatic carbocycles. The summed E-state index contributed by atoms with van der Waals surface area (Å²) in [5.41, 5.74) is 1.16. The molecule has 2 rings (SSSR count). The topological polar surface area (TPSA) is 125 Å². The van der Waals surface area contributed by atoms with Gasteiger partial charge in [0.25, 0.3) is 0 Å². The Morgan fingerprint density at radius 2 is 1.14 bits per heavy atom. The molecule has 8 nitrogen and oxygen atoms in total. The SMILES string of the molecule is NN(C(=O)N(N)c1ccccc1)c1ccccc1.O=NO. The number of hydrazine groups is 2. The van der Waals surface area contributed by atoms with E-state index in [4.69, 9.17) is 21.8 Å². The summed E-state index contributed by atoms with van der Waals surface area (Å²) < 4.78 is 0. The molecule has 2 amide bonds. The molecule has 0 aromatic heterocycles. The van der Waals surface area contributed by atoms with Gasteiger partial charge in [0.2, 0.25) is 0 Å². The zero-order chi connectivity index (χ0) is 15.7. The number of hydrogen-bond acceptors (Lipinski definition) is 5. The normalized spacial score (nSPS) is 9.05. The van der Waals surface area contributed by atoms with Crippen LogP contribution in [0.15, 0.2) is 66.0 Å². The van der Waals surface area contributed by atoms with Crippen LogP contribution >= 0.6 is 0 Å². The standard InChI is InChI=1S/C13H14N4O.HNO2/c14-16(11-7-3-1-4-8-11)13(18)17(15)12-9-5-2-6-10-12;2-1-3/h1-10H,14-15H2;(H,2,3). The van der Waals surface area contributed by atoms with E-state index in [9.17, 15) is 4.79 Å². The fourth-order valence-corrected chi connectivity index (χ4v) is 1.51. The molecule has 0 aliphatic carbocycles. The van der Waals surface area contributed by atoms with Gasteiger partial charge < -0.3 is 5.21 Å². The second-order valence-electron chi connectivity index (χ2n) is 3.78. The number of urea groups is 1. The number of amides is 2. The third-order valence-corrected chi connectivity index (χ3v) is 2.48. The number of nitrogens with two attached hydrogens (primary N) is 2. The third kappa shape index (κ3) is 4.56. The number of hydrogen-bond donors (Lipinski definition) is 3. The minimum Gasteiger partial charge on any atom is -0.379 e. The van der Waals surface area contributed by atoms with E-state index in [1.54, 1.807) is 48.5 Å². The van der Waals surface area contributed by atoms with Crippen LogP contribution in [0.3, 0.4) is 0 Å². The van der Waals surface area contributed by atoms with Gasteiger partial charge in [-0.1, -0.05) is 36.4 Å². The van der Waals surface area contributed by atoms with Gasteiger partial charge in [0.15, 0.2) is 5.34 Å². The smallest absolute Gasteiger partial charge is 0.357 e. The van der Waals surface area contributed by atoms with Gasteiger partial charge in [0.05, 0.1) is 11.4 Å². The lowest BCUT2D eigenvalue weighted by atomic mass is 10.3. The van der Waals surface area contributed by atoms with Gasteiger partial charge in [-0.05, 0) is 24.3 Å². The molecule has 110 valence electrons. The summed E-state index contributed by atoms with van der Waals surface area (Å²) in [5.74, 6) is 11.5. The lowest BCUT2D eigenvalue weighted by Crippen LogP contribution is -2.50. The van der Waals surface area contributed by atoms with Gasteiger partial charge in [-0.25, -0.2) is 26.5 Å². The predicted molar refractivity (Wildman–Crippen MR) is 79.2 cm³/mol. The van der Waals surface area contributed by atoms with E-state index < -0.39 is 6.03 Å². The first-order valence-electron chi connectivity index (χ1n) is 5.82. The van der Waals surface area contributed by atoms with Crippen molar-refractivity contribution in [1.82, 2.24) is 0 Å². The molecular weight excluding hydrogens is 274 g/mol. The molecule has 0 atom stereocenters. The third-order valence-electron chi connectivity index (χ3n) is 2.48. The average Bonchev–Trinajstić information content (AvgIpc) is 2.55. The van der Waals surface area contributed by atoms with Gasteiger partial charge in [0, 0.05) is 0 Å². The van der Waals surface area contributed by atoms with E-state index in [2.05, 4.69) is 0 Å². The summed E-state index contributed by atoms with van der Waals surface area (Å²) in [4.78, 5) is 20.2.